The van der Waals surface area contributed by atoms with Crippen molar-refractivity contribution in [3.63, 3.8) is 0 Å². The van der Waals surface area contributed by atoms with Crippen LogP contribution in [-0.4, -0.2) is 42.6 Å². The molecule has 2 aliphatic heterocycles. The Morgan fingerprint density at radius 1 is 1.26 bits per heavy atom. The van der Waals surface area contributed by atoms with Gasteiger partial charge in [-0.05, 0) is 61.5 Å². The first-order valence-electron chi connectivity index (χ1n) is 13.6. The zero-order chi connectivity index (χ0) is 27.4. The van der Waals surface area contributed by atoms with E-state index in [1.54, 1.807) is 0 Å². The summed E-state index contributed by atoms with van der Waals surface area (Å²) < 4.78 is 12.1. The molecule has 0 radical (unpaired) electrons. The number of rotatable bonds is 8. The molecule has 0 spiro atoms. The lowest BCUT2D eigenvalue weighted by Crippen LogP contribution is -2.55. The summed E-state index contributed by atoms with van der Waals surface area (Å²) >= 11 is 0. The van der Waals surface area contributed by atoms with Crippen LogP contribution in [0.3, 0.4) is 0 Å². The molecule has 0 aromatic heterocycles. The fraction of sp³-hybridized carbons (Fsp3) is 0.382. The number of hydrogen-bond donors (Lipinski definition) is 0. The highest BCUT2D eigenvalue weighted by atomic mass is 16.5. The molecule has 200 valence electrons. The lowest BCUT2D eigenvalue weighted by Gasteiger charge is -2.50. The third-order valence-corrected chi connectivity index (χ3v) is 7.29. The van der Waals surface area contributed by atoms with E-state index >= 15 is 0 Å². The molecule has 1 atom stereocenters. The van der Waals surface area contributed by atoms with Gasteiger partial charge in [-0.25, -0.2) is 0 Å². The first kappa shape index (κ1) is 27.4. The van der Waals surface area contributed by atoms with Crippen molar-refractivity contribution in [2.45, 2.75) is 53.5 Å². The van der Waals surface area contributed by atoms with Crippen molar-refractivity contribution >= 4 is 11.4 Å². The van der Waals surface area contributed by atoms with Gasteiger partial charge in [0.15, 0.2) is 0 Å². The van der Waals surface area contributed by atoms with Crippen LogP contribution >= 0.6 is 0 Å². The van der Waals surface area contributed by atoms with Crippen LogP contribution in [0.4, 0.5) is 0 Å². The summed E-state index contributed by atoms with van der Waals surface area (Å²) in [5.74, 6) is 1.52. The Bertz CT molecular complexity index is 1390. The summed E-state index contributed by atoms with van der Waals surface area (Å²) in [7, 11) is 2.18. The van der Waals surface area contributed by atoms with Gasteiger partial charge in [0, 0.05) is 30.6 Å². The average Bonchev–Trinajstić information content (AvgIpc) is 2.82. The summed E-state index contributed by atoms with van der Waals surface area (Å²) in [5.41, 5.74) is 9.03. The van der Waals surface area contributed by atoms with E-state index in [0.717, 1.165) is 58.1 Å². The number of likely N-dealkylation sites (N-methyl/N-ethyl adjacent to an activating group) is 1. The van der Waals surface area contributed by atoms with Gasteiger partial charge >= 0.3 is 0 Å². The molecular formula is C34H42N2O2. The maximum Gasteiger partial charge on any atom is 0.134 e. The van der Waals surface area contributed by atoms with Crippen LogP contribution < -0.4 is 15.2 Å². The second-order valence-electron chi connectivity index (χ2n) is 11.1. The summed E-state index contributed by atoms with van der Waals surface area (Å²) in [6.45, 7) is 21.6. The van der Waals surface area contributed by atoms with E-state index in [-0.39, 0.29) is 11.5 Å². The fourth-order valence-corrected chi connectivity index (χ4v) is 5.23. The maximum atomic E-state index is 6.33. The van der Waals surface area contributed by atoms with Crippen LogP contribution in [0, 0.1) is 5.41 Å². The SMILES string of the molecule is C=C1C=C2/C(=c3\cccc(OCCCC4=CC=C4)c3=C=CC)N(C)CC(C(C)(C)C)N2C=C1C(=C)OCC. The van der Waals surface area contributed by atoms with E-state index in [1.807, 2.05) is 19.9 Å². The van der Waals surface area contributed by atoms with E-state index in [2.05, 4.69) is 105 Å². The van der Waals surface area contributed by atoms with E-state index in [1.165, 1.54) is 5.57 Å². The van der Waals surface area contributed by atoms with E-state index in [9.17, 15) is 0 Å². The van der Waals surface area contributed by atoms with Crippen molar-refractivity contribution in [2.24, 2.45) is 5.41 Å². The minimum atomic E-state index is 0.0421. The van der Waals surface area contributed by atoms with Crippen LogP contribution in [0.2, 0.25) is 0 Å². The molecule has 1 aromatic rings. The van der Waals surface area contributed by atoms with Gasteiger partial charge in [-0.3, -0.25) is 0 Å². The third-order valence-electron chi connectivity index (χ3n) is 7.29. The van der Waals surface area contributed by atoms with Gasteiger partial charge in [-0.1, -0.05) is 64.3 Å². The quantitative estimate of drug-likeness (QED) is 0.318. The van der Waals surface area contributed by atoms with Crippen molar-refractivity contribution in [2.75, 3.05) is 26.8 Å². The van der Waals surface area contributed by atoms with E-state index < -0.39 is 0 Å². The van der Waals surface area contributed by atoms with Crippen molar-refractivity contribution in [3.8, 4) is 5.75 Å². The van der Waals surface area contributed by atoms with Gasteiger partial charge in [0.25, 0.3) is 0 Å². The topological polar surface area (TPSA) is 24.9 Å². The summed E-state index contributed by atoms with van der Waals surface area (Å²) in [5, 5.41) is 2.08. The molecule has 4 heteroatoms. The highest BCUT2D eigenvalue weighted by molar-refractivity contribution is 5.69. The number of benzene rings is 1. The van der Waals surface area contributed by atoms with E-state index in [4.69, 9.17) is 9.47 Å². The first-order chi connectivity index (χ1) is 18.2. The van der Waals surface area contributed by atoms with Gasteiger partial charge in [0.05, 0.1) is 35.9 Å². The number of piperazine rings is 1. The van der Waals surface area contributed by atoms with Gasteiger partial charge in [-0.15, -0.1) is 5.73 Å². The van der Waals surface area contributed by atoms with Crippen molar-refractivity contribution in [1.29, 1.82) is 0 Å². The van der Waals surface area contributed by atoms with E-state index in [0.29, 0.717) is 19.0 Å². The molecule has 1 fully saturated rings. The zero-order valence-corrected chi connectivity index (χ0v) is 23.9. The second kappa shape index (κ2) is 11.4. The van der Waals surface area contributed by atoms with Crippen LogP contribution in [0.15, 0.2) is 96.1 Å². The van der Waals surface area contributed by atoms with Crippen LogP contribution in [0.5, 0.6) is 5.75 Å². The number of allylic oxidation sites excluding steroid dienone is 7. The molecule has 38 heavy (non-hydrogen) atoms. The van der Waals surface area contributed by atoms with Gasteiger partial charge in [-0.2, -0.15) is 0 Å². The minimum Gasteiger partial charge on any atom is -0.494 e. The molecule has 1 saturated heterocycles. The Balaban J connectivity index is 1.82. The fourth-order valence-electron chi connectivity index (χ4n) is 5.23. The van der Waals surface area contributed by atoms with Crippen LogP contribution in [0.25, 0.3) is 11.4 Å². The Morgan fingerprint density at radius 3 is 2.66 bits per heavy atom. The minimum absolute atomic E-state index is 0.0421. The molecule has 1 unspecified atom stereocenters. The molecule has 4 rings (SSSR count). The molecule has 0 amide bonds. The van der Waals surface area contributed by atoms with Gasteiger partial charge < -0.3 is 19.3 Å². The number of nitrogens with zero attached hydrogens (tertiary/aromatic N) is 2. The largest absolute Gasteiger partial charge is 0.494 e. The Morgan fingerprint density at radius 2 is 2.03 bits per heavy atom. The summed E-state index contributed by atoms with van der Waals surface area (Å²) in [4.78, 5) is 4.77. The Labute approximate surface area is 228 Å². The van der Waals surface area contributed by atoms with Gasteiger partial charge in [0.1, 0.15) is 11.5 Å². The lowest BCUT2D eigenvalue weighted by atomic mass is 9.82. The Hall–Kier alpha value is -3.62. The molecule has 0 N–H and O–H groups in total. The molecule has 0 saturated carbocycles. The molecule has 2 heterocycles. The molecule has 1 aromatic carbocycles. The molecule has 3 aliphatic rings. The normalized spacial score (nSPS) is 20.0. The monoisotopic (exact) mass is 510 g/mol. The van der Waals surface area contributed by atoms with Crippen molar-refractivity contribution in [1.82, 2.24) is 9.80 Å². The number of ether oxygens (including phenoxy) is 2. The van der Waals surface area contributed by atoms with Crippen molar-refractivity contribution < 1.29 is 9.47 Å². The molecule has 0 bridgehead atoms. The molecule has 1 aliphatic carbocycles. The van der Waals surface area contributed by atoms with Crippen molar-refractivity contribution in [3.05, 3.63) is 107 Å². The number of fused-ring (bicyclic) bond motifs is 1. The maximum absolute atomic E-state index is 6.33. The second-order valence-corrected chi connectivity index (χ2v) is 11.1. The summed E-state index contributed by atoms with van der Waals surface area (Å²) in [6, 6.07) is 6.56. The van der Waals surface area contributed by atoms with Gasteiger partial charge in [0.2, 0.25) is 0 Å². The molecular weight excluding hydrogens is 468 g/mol. The Kier molecular flexibility index (Phi) is 8.23. The smallest absolute Gasteiger partial charge is 0.134 e. The highest BCUT2D eigenvalue weighted by Crippen LogP contribution is 2.41. The predicted molar refractivity (Wildman–Crippen MR) is 158 cm³/mol. The summed E-state index contributed by atoms with van der Waals surface area (Å²) in [6.07, 6.45) is 14.8. The van der Waals surface area contributed by atoms with Crippen LogP contribution in [-0.2, 0) is 4.74 Å². The highest BCUT2D eigenvalue weighted by Gasteiger charge is 2.40. The zero-order valence-electron chi connectivity index (χ0n) is 23.9. The molecule has 4 nitrogen and oxygen atoms in total. The average molecular weight is 511 g/mol. The third kappa shape index (κ3) is 5.61. The first-order valence-corrected chi connectivity index (χ1v) is 13.6. The lowest BCUT2D eigenvalue weighted by molar-refractivity contribution is 0.128. The van der Waals surface area contributed by atoms with Crippen LogP contribution in [0.1, 0.15) is 47.5 Å². The number of hydrogen-bond acceptors (Lipinski definition) is 4. The predicted octanol–water partition coefficient (Wildman–Crippen LogP) is 5.96. The standard InChI is InChI=1S/C34H42N2O2/c1-9-14-27-28(18-12-19-31(27)38-20-13-17-26-15-11-16-26)33-30-21-24(3)29(25(4)37-10-2)22-36(30)32(23-35(33)8)34(5,6)7/h9,11-12,15-16,18-19,21-22,32H,3-4,10,13,17,20,23H2,1-2,5-8H3/b33-28-.